The SMILES string of the molecule is CC(C)(C)c1c(F)c(SOO[O-])c(F)c(F)c1OCC12CC3CC(CC(C3)C1)C2. The van der Waals surface area contributed by atoms with Gasteiger partial charge in [0.1, 0.15) is 10.7 Å². The summed E-state index contributed by atoms with van der Waals surface area (Å²) in [5, 5.41) is 13.2. The Morgan fingerprint density at radius 3 is 2.00 bits per heavy atom. The van der Waals surface area contributed by atoms with Gasteiger partial charge in [0.2, 0.25) is 5.82 Å². The summed E-state index contributed by atoms with van der Waals surface area (Å²) in [5.74, 6) is -2.03. The first kappa shape index (κ1) is 21.3. The van der Waals surface area contributed by atoms with Crippen LogP contribution in [0.2, 0.25) is 0 Å². The molecule has 0 heterocycles. The fourth-order valence-electron chi connectivity index (χ4n) is 6.24. The Balaban J connectivity index is 1.66. The smallest absolute Gasteiger partial charge is 0.202 e. The molecule has 29 heavy (non-hydrogen) atoms. The summed E-state index contributed by atoms with van der Waals surface area (Å²) in [4.78, 5) is -0.759. The molecule has 4 saturated carbocycles. The molecule has 4 fully saturated rings. The highest BCUT2D eigenvalue weighted by molar-refractivity contribution is 7.94. The van der Waals surface area contributed by atoms with Crippen LogP contribution in [-0.2, 0) is 14.8 Å². The summed E-state index contributed by atoms with van der Waals surface area (Å²) < 4.78 is 54.6. The lowest BCUT2D eigenvalue weighted by Gasteiger charge is -2.56. The minimum atomic E-state index is -1.45. The minimum Gasteiger partial charge on any atom is -0.691 e. The van der Waals surface area contributed by atoms with Crippen LogP contribution in [0.4, 0.5) is 13.2 Å². The molecule has 1 aromatic carbocycles. The fourth-order valence-corrected chi connectivity index (χ4v) is 6.67. The van der Waals surface area contributed by atoms with Gasteiger partial charge in [0.05, 0.1) is 18.6 Å². The van der Waals surface area contributed by atoms with Crippen molar-refractivity contribution in [2.75, 3.05) is 6.61 Å². The molecule has 0 spiro atoms. The maximum atomic E-state index is 15.1. The van der Waals surface area contributed by atoms with Gasteiger partial charge in [-0.15, -0.1) is 0 Å². The number of ether oxygens (including phenoxy) is 1. The second kappa shape index (κ2) is 7.62. The first-order chi connectivity index (χ1) is 13.6. The molecule has 162 valence electrons. The quantitative estimate of drug-likeness (QED) is 0.267. The maximum absolute atomic E-state index is 15.1. The van der Waals surface area contributed by atoms with E-state index in [0.717, 1.165) is 19.3 Å². The molecule has 5 rings (SSSR count). The molecule has 0 N–H and O–H groups in total. The molecule has 0 amide bonds. The van der Waals surface area contributed by atoms with Crippen LogP contribution < -0.4 is 9.99 Å². The van der Waals surface area contributed by atoms with E-state index in [1.54, 1.807) is 20.8 Å². The molecule has 0 unspecified atom stereocenters. The van der Waals surface area contributed by atoms with E-state index < -0.39 is 27.8 Å². The summed E-state index contributed by atoms with van der Waals surface area (Å²) >= 11 is 0.0119. The molecular weight excluding hydrogens is 405 g/mol. The van der Waals surface area contributed by atoms with E-state index in [4.69, 9.17) is 4.74 Å². The highest BCUT2D eigenvalue weighted by Crippen LogP contribution is 2.60. The van der Waals surface area contributed by atoms with Crippen LogP contribution in [0.3, 0.4) is 0 Å². The second-order valence-corrected chi connectivity index (χ2v) is 10.9. The number of halogens is 3. The summed E-state index contributed by atoms with van der Waals surface area (Å²) in [6, 6.07) is 0. The molecule has 8 heteroatoms. The van der Waals surface area contributed by atoms with E-state index in [1.165, 1.54) is 19.3 Å². The van der Waals surface area contributed by atoms with Crippen molar-refractivity contribution >= 4 is 12.0 Å². The van der Waals surface area contributed by atoms with E-state index in [-0.39, 0.29) is 35.4 Å². The number of benzene rings is 1. The third-order valence-electron chi connectivity index (χ3n) is 6.82. The predicted octanol–water partition coefficient (Wildman–Crippen LogP) is 5.23. The lowest BCUT2D eigenvalue weighted by Crippen LogP contribution is -2.48. The van der Waals surface area contributed by atoms with Crippen molar-refractivity contribution in [2.45, 2.75) is 69.6 Å². The monoisotopic (exact) mass is 431 g/mol. The fraction of sp³-hybridized carbons (Fsp3) is 0.714. The third-order valence-corrected chi connectivity index (χ3v) is 7.47. The lowest BCUT2D eigenvalue weighted by molar-refractivity contribution is -0.777. The van der Waals surface area contributed by atoms with Crippen LogP contribution in [0.15, 0.2) is 4.90 Å². The van der Waals surface area contributed by atoms with Gasteiger partial charge in [0.25, 0.3) is 0 Å². The Morgan fingerprint density at radius 2 is 1.52 bits per heavy atom. The van der Waals surface area contributed by atoms with Gasteiger partial charge in [-0.05, 0) is 61.7 Å². The number of rotatable bonds is 6. The molecule has 0 radical (unpaired) electrons. The van der Waals surface area contributed by atoms with Crippen LogP contribution in [0.1, 0.15) is 64.9 Å². The second-order valence-electron chi connectivity index (χ2n) is 10.2. The van der Waals surface area contributed by atoms with Gasteiger partial charge in [0, 0.05) is 11.0 Å². The van der Waals surface area contributed by atoms with Crippen molar-refractivity contribution in [3.63, 3.8) is 0 Å². The van der Waals surface area contributed by atoms with Crippen LogP contribution in [0.25, 0.3) is 0 Å². The van der Waals surface area contributed by atoms with Gasteiger partial charge in [-0.1, -0.05) is 20.8 Å². The predicted molar refractivity (Wildman–Crippen MR) is 99.1 cm³/mol. The first-order valence-corrected chi connectivity index (χ1v) is 10.8. The van der Waals surface area contributed by atoms with Gasteiger partial charge in [-0.3, -0.25) is 5.04 Å². The maximum Gasteiger partial charge on any atom is 0.202 e. The molecule has 0 atom stereocenters. The Bertz CT molecular complexity index is 758. The Labute approximate surface area is 173 Å². The Hall–Kier alpha value is -0.960. The standard InChI is InChI=1S/C21H27F3O4S/c1-20(2,3)14-15(22)19(29-28-27-25)17(24)16(23)18(14)26-10-21-7-11-4-12(8-21)6-13(5-11)9-21/h11-13,25H,4-10H2,1-3H3/p-1. The van der Waals surface area contributed by atoms with E-state index in [9.17, 15) is 14.0 Å². The Morgan fingerprint density at radius 1 is 0.966 bits per heavy atom. The zero-order valence-corrected chi connectivity index (χ0v) is 17.7. The van der Waals surface area contributed by atoms with E-state index in [0.29, 0.717) is 17.8 Å². The largest absolute Gasteiger partial charge is 0.691 e. The molecule has 4 aliphatic rings. The molecule has 0 aliphatic heterocycles. The van der Waals surface area contributed by atoms with Crippen molar-refractivity contribution in [3.8, 4) is 5.75 Å². The summed E-state index contributed by atoms with van der Waals surface area (Å²) in [6.45, 7) is 5.35. The zero-order chi connectivity index (χ0) is 21.0. The van der Waals surface area contributed by atoms with Crippen molar-refractivity contribution < 1.29 is 32.5 Å². The summed E-state index contributed by atoms with van der Waals surface area (Å²) in [6.07, 6.45) is 6.91. The number of hydrogen-bond donors (Lipinski definition) is 0. The van der Waals surface area contributed by atoms with E-state index in [2.05, 4.69) is 9.37 Å². The zero-order valence-electron chi connectivity index (χ0n) is 16.9. The molecule has 0 aromatic heterocycles. The van der Waals surface area contributed by atoms with Gasteiger partial charge >= 0.3 is 0 Å². The van der Waals surface area contributed by atoms with Crippen LogP contribution in [-0.4, -0.2) is 6.61 Å². The van der Waals surface area contributed by atoms with E-state index in [1.807, 2.05) is 0 Å². The highest BCUT2D eigenvalue weighted by atomic mass is 32.2. The molecule has 4 nitrogen and oxygen atoms in total. The lowest BCUT2D eigenvalue weighted by atomic mass is 9.50. The molecule has 4 aliphatic carbocycles. The van der Waals surface area contributed by atoms with Crippen molar-refractivity contribution in [1.82, 2.24) is 0 Å². The van der Waals surface area contributed by atoms with Crippen molar-refractivity contribution in [3.05, 3.63) is 23.0 Å². The average Bonchev–Trinajstić information content (AvgIpc) is 2.61. The van der Waals surface area contributed by atoms with Crippen LogP contribution in [0.5, 0.6) is 5.75 Å². The van der Waals surface area contributed by atoms with Gasteiger partial charge in [-0.2, -0.15) is 8.72 Å². The molecule has 4 bridgehead atoms. The average molecular weight is 431 g/mol. The topological polar surface area (TPSA) is 50.8 Å². The summed E-state index contributed by atoms with van der Waals surface area (Å²) in [7, 11) is 0. The highest BCUT2D eigenvalue weighted by Gasteiger charge is 2.51. The molecule has 1 aromatic rings. The first-order valence-electron chi connectivity index (χ1n) is 10.1. The summed E-state index contributed by atoms with van der Waals surface area (Å²) in [5.41, 5.74) is -0.961. The number of hydrogen-bond acceptors (Lipinski definition) is 5. The van der Waals surface area contributed by atoms with Gasteiger partial charge in [-0.25, -0.2) is 8.78 Å². The van der Waals surface area contributed by atoms with Crippen molar-refractivity contribution in [1.29, 1.82) is 0 Å². The van der Waals surface area contributed by atoms with Gasteiger partial charge in [0.15, 0.2) is 11.6 Å². The van der Waals surface area contributed by atoms with E-state index >= 15 is 4.39 Å². The van der Waals surface area contributed by atoms with Crippen LogP contribution in [0, 0.1) is 40.6 Å². The Kier molecular flexibility index (Phi) is 5.59. The van der Waals surface area contributed by atoms with Crippen molar-refractivity contribution in [2.24, 2.45) is 23.2 Å². The normalized spacial score (nSPS) is 30.8. The molecule has 0 saturated heterocycles. The minimum absolute atomic E-state index is 0.0119. The molecular formula is C21H26F3O4S-. The third kappa shape index (κ3) is 3.89. The van der Waals surface area contributed by atoms with Gasteiger partial charge < -0.3 is 9.99 Å². The van der Waals surface area contributed by atoms with Crippen LogP contribution >= 0.6 is 12.0 Å².